The highest BCUT2D eigenvalue weighted by atomic mass is 32.1. The molecule has 0 spiro atoms. The van der Waals surface area contributed by atoms with E-state index < -0.39 is 5.95 Å². The Bertz CT molecular complexity index is 260. The molecule has 1 rings (SSSR count). The molecule has 0 aliphatic rings. The van der Waals surface area contributed by atoms with Crippen molar-refractivity contribution >= 4 is 18.7 Å². The Labute approximate surface area is 70.4 Å². The number of aromatic nitrogens is 1. The van der Waals surface area contributed by atoms with Crippen molar-refractivity contribution in [2.24, 2.45) is 0 Å². The van der Waals surface area contributed by atoms with Crippen LogP contribution in [-0.4, -0.2) is 10.7 Å². The molecule has 11 heavy (non-hydrogen) atoms. The number of rotatable bonds is 2. The molecule has 0 unspecified atom stereocenters. The second-order valence-corrected chi connectivity index (χ2v) is 2.33. The van der Waals surface area contributed by atoms with Crippen molar-refractivity contribution in [1.82, 2.24) is 4.98 Å². The molecule has 0 aliphatic carbocycles. The summed E-state index contributed by atoms with van der Waals surface area (Å²) in [6, 6.07) is 3.36. The summed E-state index contributed by atoms with van der Waals surface area (Å²) in [5.41, 5.74) is 0.501. The van der Waals surface area contributed by atoms with Crippen LogP contribution in [0.2, 0.25) is 0 Å². The van der Waals surface area contributed by atoms with Gasteiger partial charge in [0.05, 0.1) is 0 Å². The smallest absolute Gasteiger partial charge is 0.220 e. The number of halogens is 1. The molecule has 1 aromatic rings. The van der Waals surface area contributed by atoms with E-state index in [0.29, 0.717) is 11.3 Å². The van der Waals surface area contributed by atoms with Gasteiger partial charge in [-0.3, -0.25) is 0 Å². The average molecular weight is 169 g/mol. The summed E-state index contributed by atoms with van der Waals surface area (Å²) in [5, 5.41) is 0. The minimum absolute atomic E-state index is 0.439. The molecule has 0 N–H and O–H groups in total. The zero-order valence-electron chi connectivity index (χ0n) is 5.87. The van der Waals surface area contributed by atoms with E-state index in [0.717, 1.165) is 0 Å². The minimum atomic E-state index is -0.439. The fourth-order valence-corrected chi connectivity index (χ4v) is 0.808. The second-order valence-electron chi connectivity index (χ2n) is 1.97. The first kappa shape index (κ1) is 8.27. The molecule has 0 radical (unpaired) electrons. The van der Waals surface area contributed by atoms with Gasteiger partial charge in [0, 0.05) is 17.5 Å². The molecular weight excluding hydrogens is 161 g/mol. The fourth-order valence-electron chi connectivity index (χ4n) is 0.702. The molecule has 1 nitrogen and oxygen atoms in total. The third-order valence-electron chi connectivity index (χ3n) is 1.19. The van der Waals surface area contributed by atoms with E-state index in [9.17, 15) is 4.39 Å². The van der Waals surface area contributed by atoms with Crippen LogP contribution in [0, 0.1) is 5.95 Å². The lowest BCUT2D eigenvalue weighted by Crippen LogP contribution is -1.84. The predicted octanol–water partition coefficient (Wildman–Crippen LogP) is 2.16. The topological polar surface area (TPSA) is 12.9 Å². The molecule has 0 amide bonds. The zero-order valence-corrected chi connectivity index (χ0v) is 6.76. The Hall–Kier alpha value is -0.830. The van der Waals surface area contributed by atoms with Crippen LogP contribution < -0.4 is 0 Å². The number of nitrogens with zero attached hydrogens (tertiary/aromatic N) is 1. The number of hydrogen-bond donors (Lipinski definition) is 1. The minimum Gasteiger partial charge on any atom is -0.228 e. The Balaban J connectivity index is 2.86. The zero-order chi connectivity index (χ0) is 8.10. The first-order chi connectivity index (χ1) is 5.34. The highest BCUT2D eigenvalue weighted by Gasteiger charge is 1.94. The Morgan fingerprint density at radius 2 is 2.45 bits per heavy atom. The van der Waals surface area contributed by atoms with E-state index >= 15 is 0 Å². The Morgan fingerprint density at radius 3 is 3.09 bits per heavy atom. The monoisotopic (exact) mass is 169 g/mol. The van der Waals surface area contributed by atoms with Gasteiger partial charge in [-0.15, -0.1) is 0 Å². The highest BCUT2D eigenvalue weighted by molar-refractivity contribution is 7.80. The average Bonchev–Trinajstić information content (AvgIpc) is 2.03. The van der Waals surface area contributed by atoms with E-state index in [1.165, 1.54) is 6.20 Å². The number of pyridine rings is 1. The van der Waals surface area contributed by atoms with Crippen LogP contribution in [0.4, 0.5) is 4.39 Å². The molecule has 0 saturated heterocycles. The van der Waals surface area contributed by atoms with Crippen molar-refractivity contribution in [2.75, 3.05) is 5.75 Å². The molecule has 3 heteroatoms. The maximum atomic E-state index is 12.7. The van der Waals surface area contributed by atoms with Crippen LogP contribution in [0.1, 0.15) is 5.56 Å². The molecule has 1 heterocycles. The SMILES string of the molecule is Fc1ncccc1C=CCS. The normalized spacial score (nSPS) is 10.7. The van der Waals surface area contributed by atoms with Gasteiger partial charge >= 0.3 is 0 Å². The van der Waals surface area contributed by atoms with E-state index in [4.69, 9.17) is 0 Å². The molecule has 0 atom stereocenters. The Morgan fingerprint density at radius 1 is 1.64 bits per heavy atom. The Kier molecular flexibility index (Phi) is 3.11. The maximum Gasteiger partial charge on any atom is 0.220 e. The van der Waals surface area contributed by atoms with Crippen molar-refractivity contribution < 1.29 is 4.39 Å². The van der Waals surface area contributed by atoms with Gasteiger partial charge < -0.3 is 0 Å². The summed E-state index contributed by atoms with van der Waals surface area (Å²) < 4.78 is 12.7. The standard InChI is InChI=1S/C8H8FNS/c9-8-7(4-2-6-11)3-1-5-10-8/h1-5,11H,6H2. The lowest BCUT2D eigenvalue weighted by molar-refractivity contribution is 0.581. The van der Waals surface area contributed by atoms with E-state index in [1.54, 1.807) is 24.3 Å². The van der Waals surface area contributed by atoms with Crippen molar-refractivity contribution in [3.8, 4) is 0 Å². The number of thiol groups is 1. The van der Waals surface area contributed by atoms with Gasteiger partial charge in [0.1, 0.15) is 0 Å². The first-order valence-corrected chi connectivity index (χ1v) is 3.86. The van der Waals surface area contributed by atoms with Crippen molar-refractivity contribution in [3.05, 3.63) is 35.9 Å². The predicted molar refractivity (Wildman–Crippen MR) is 47.1 cm³/mol. The van der Waals surface area contributed by atoms with Crippen LogP contribution in [0.25, 0.3) is 6.08 Å². The molecule has 58 valence electrons. The third kappa shape index (κ3) is 2.35. The molecule has 0 aromatic carbocycles. The van der Waals surface area contributed by atoms with Gasteiger partial charge in [-0.1, -0.05) is 12.2 Å². The largest absolute Gasteiger partial charge is 0.228 e. The van der Waals surface area contributed by atoms with E-state index in [2.05, 4.69) is 17.6 Å². The summed E-state index contributed by atoms with van der Waals surface area (Å²) in [5.74, 6) is 0.166. The molecule has 0 bridgehead atoms. The first-order valence-electron chi connectivity index (χ1n) is 3.22. The van der Waals surface area contributed by atoms with Crippen LogP contribution in [0.5, 0.6) is 0 Å². The lowest BCUT2D eigenvalue weighted by Gasteiger charge is -1.92. The second kappa shape index (κ2) is 4.13. The van der Waals surface area contributed by atoms with Gasteiger partial charge in [0.15, 0.2) is 0 Å². The van der Waals surface area contributed by atoms with Gasteiger partial charge in [-0.25, -0.2) is 4.98 Å². The van der Waals surface area contributed by atoms with Crippen LogP contribution in [-0.2, 0) is 0 Å². The summed E-state index contributed by atoms with van der Waals surface area (Å²) in [4.78, 5) is 3.49. The van der Waals surface area contributed by atoms with Gasteiger partial charge in [0.2, 0.25) is 5.95 Å². The van der Waals surface area contributed by atoms with E-state index in [-0.39, 0.29) is 0 Å². The fraction of sp³-hybridized carbons (Fsp3) is 0.125. The van der Waals surface area contributed by atoms with Gasteiger partial charge in [-0.2, -0.15) is 17.0 Å². The van der Waals surface area contributed by atoms with Crippen molar-refractivity contribution in [3.63, 3.8) is 0 Å². The van der Waals surface area contributed by atoms with Crippen LogP contribution in [0.15, 0.2) is 24.4 Å². The molecular formula is C8H8FNS. The maximum absolute atomic E-state index is 12.7. The summed E-state index contributed by atoms with van der Waals surface area (Å²) >= 11 is 3.96. The third-order valence-corrected chi connectivity index (χ3v) is 1.40. The highest BCUT2D eigenvalue weighted by Crippen LogP contribution is 2.04. The van der Waals surface area contributed by atoms with Gasteiger partial charge in [0.25, 0.3) is 0 Å². The molecule has 0 fully saturated rings. The van der Waals surface area contributed by atoms with Crippen LogP contribution in [0.3, 0.4) is 0 Å². The molecule has 0 saturated carbocycles. The molecule has 0 aliphatic heterocycles. The summed E-state index contributed by atoms with van der Waals surface area (Å²) in [7, 11) is 0. The molecule has 1 aromatic heterocycles. The van der Waals surface area contributed by atoms with E-state index in [1.807, 2.05) is 0 Å². The van der Waals surface area contributed by atoms with Gasteiger partial charge in [-0.05, 0) is 12.1 Å². The van der Waals surface area contributed by atoms with Crippen LogP contribution >= 0.6 is 12.6 Å². The van der Waals surface area contributed by atoms with Crippen molar-refractivity contribution in [2.45, 2.75) is 0 Å². The summed E-state index contributed by atoms with van der Waals surface area (Å²) in [6.45, 7) is 0. The van der Waals surface area contributed by atoms with Crippen molar-refractivity contribution in [1.29, 1.82) is 0 Å². The summed E-state index contributed by atoms with van der Waals surface area (Å²) in [6.07, 6.45) is 4.85. The number of hydrogen-bond acceptors (Lipinski definition) is 2. The lowest BCUT2D eigenvalue weighted by atomic mass is 10.2. The quantitative estimate of drug-likeness (QED) is 0.529.